The Labute approximate surface area is 184 Å². The van der Waals surface area contributed by atoms with Crippen LogP contribution in [-0.2, 0) is 11.2 Å². The monoisotopic (exact) mass is 417 g/mol. The molecule has 3 aromatic rings. The van der Waals surface area contributed by atoms with Crippen LogP contribution < -0.4 is 15.0 Å². The topological polar surface area (TPSA) is 44.8 Å². The summed E-state index contributed by atoms with van der Waals surface area (Å²) in [6.07, 6.45) is 1.87. The molecule has 1 heterocycles. The van der Waals surface area contributed by atoms with Gasteiger partial charge in [-0.15, -0.1) is 0 Å². The zero-order valence-corrected chi connectivity index (χ0v) is 18.2. The van der Waals surface area contributed by atoms with Crippen LogP contribution in [0.2, 0.25) is 0 Å². The fraction of sp³-hybridized carbons (Fsp3) is 0.346. The summed E-state index contributed by atoms with van der Waals surface area (Å²) in [7, 11) is 2.18. The van der Waals surface area contributed by atoms with Crippen molar-refractivity contribution < 1.29 is 9.53 Å². The molecule has 5 nitrogen and oxygen atoms in total. The summed E-state index contributed by atoms with van der Waals surface area (Å²) >= 11 is 0. The molecule has 0 unspecified atom stereocenters. The van der Waals surface area contributed by atoms with Crippen molar-refractivity contribution in [2.75, 3.05) is 51.3 Å². The second-order valence-electron chi connectivity index (χ2n) is 8.21. The first-order valence-corrected chi connectivity index (χ1v) is 11.1. The van der Waals surface area contributed by atoms with Crippen LogP contribution in [0.1, 0.15) is 12.0 Å². The minimum Gasteiger partial charge on any atom is -0.484 e. The average Bonchev–Trinajstić information content (AvgIpc) is 2.81. The largest absolute Gasteiger partial charge is 0.484 e. The number of fused-ring (bicyclic) bond motifs is 1. The number of benzene rings is 3. The highest BCUT2D eigenvalue weighted by Gasteiger charge is 2.13. The Morgan fingerprint density at radius 2 is 1.68 bits per heavy atom. The summed E-state index contributed by atoms with van der Waals surface area (Å²) in [6.45, 7) is 5.10. The molecule has 1 N–H and O–H groups in total. The molecule has 1 aliphatic rings. The maximum absolute atomic E-state index is 12.1. The molecule has 1 amide bonds. The zero-order valence-electron chi connectivity index (χ0n) is 18.2. The highest BCUT2D eigenvalue weighted by atomic mass is 16.5. The Balaban J connectivity index is 1.15. The van der Waals surface area contributed by atoms with E-state index in [9.17, 15) is 4.79 Å². The van der Waals surface area contributed by atoms with Gasteiger partial charge in [-0.3, -0.25) is 4.79 Å². The van der Waals surface area contributed by atoms with E-state index in [4.69, 9.17) is 4.74 Å². The van der Waals surface area contributed by atoms with Crippen LogP contribution in [-0.4, -0.2) is 57.2 Å². The van der Waals surface area contributed by atoms with E-state index < -0.39 is 0 Å². The average molecular weight is 418 g/mol. The lowest BCUT2D eigenvalue weighted by molar-refractivity contribution is -0.123. The third kappa shape index (κ3) is 5.98. The number of aryl methyl sites for hydroxylation is 1. The molecule has 0 atom stereocenters. The Morgan fingerprint density at radius 3 is 2.45 bits per heavy atom. The number of likely N-dealkylation sites (N-methyl/N-ethyl adjacent to an activating group) is 1. The van der Waals surface area contributed by atoms with Gasteiger partial charge in [0.2, 0.25) is 0 Å². The molecule has 1 fully saturated rings. The van der Waals surface area contributed by atoms with Crippen LogP contribution in [0.4, 0.5) is 5.69 Å². The number of carbonyl (C=O) groups excluding carboxylic acids is 1. The number of hydrogen-bond donors (Lipinski definition) is 1. The van der Waals surface area contributed by atoms with Gasteiger partial charge in [0.05, 0.1) is 0 Å². The summed E-state index contributed by atoms with van der Waals surface area (Å²) in [4.78, 5) is 16.9. The number of piperazine rings is 1. The fourth-order valence-electron chi connectivity index (χ4n) is 3.92. The molecule has 0 saturated carbocycles. The van der Waals surface area contributed by atoms with E-state index in [1.807, 2.05) is 36.4 Å². The standard InChI is InChI=1S/C26H31N3O2/c1-28-15-17-29(18-16-28)24-11-8-21(9-12-24)5-4-14-27-26(30)20-31-25-13-10-22-6-2-3-7-23(22)19-25/h2-3,6-13,19H,4-5,14-18,20H2,1H3,(H,27,30). The van der Waals surface area contributed by atoms with Crippen LogP contribution in [0.15, 0.2) is 66.7 Å². The lowest BCUT2D eigenvalue weighted by Gasteiger charge is -2.34. The summed E-state index contributed by atoms with van der Waals surface area (Å²) < 4.78 is 5.65. The van der Waals surface area contributed by atoms with Gasteiger partial charge in [0, 0.05) is 38.4 Å². The van der Waals surface area contributed by atoms with E-state index in [1.54, 1.807) is 0 Å². The summed E-state index contributed by atoms with van der Waals surface area (Å²) in [5, 5.41) is 5.22. The van der Waals surface area contributed by atoms with E-state index in [-0.39, 0.29) is 12.5 Å². The zero-order chi connectivity index (χ0) is 21.5. The maximum Gasteiger partial charge on any atom is 0.257 e. The van der Waals surface area contributed by atoms with Crippen LogP contribution >= 0.6 is 0 Å². The Hall–Kier alpha value is -3.05. The number of hydrogen-bond acceptors (Lipinski definition) is 4. The van der Waals surface area contributed by atoms with Gasteiger partial charge in [-0.05, 0) is 60.5 Å². The van der Waals surface area contributed by atoms with Crippen molar-refractivity contribution in [1.82, 2.24) is 10.2 Å². The van der Waals surface area contributed by atoms with Crippen molar-refractivity contribution in [3.8, 4) is 5.75 Å². The summed E-state index contributed by atoms with van der Waals surface area (Å²) in [6, 6.07) is 22.8. The highest BCUT2D eigenvalue weighted by molar-refractivity contribution is 5.84. The van der Waals surface area contributed by atoms with Crippen molar-refractivity contribution in [2.24, 2.45) is 0 Å². The van der Waals surface area contributed by atoms with E-state index in [0.717, 1.165) is 49.8 Å². The van der Waals surface area contributed by atoms with Crippen LogP contribution in [0, 0.1) is 0 Å². The molecule has 1 aliphatic heterocycles. The van der Waals surface area contributed by atoms with Gasteiger partial charge in [-0.2, -0.15) is 0 Å². The normalized spacial score (nSPS) is 14.5. The van der Waals surface area contributed by atoms with Crippen LogP contribution in [0.25, 0.3) is 10.8 Å². The number of anilines is 1. The molecule has 0 spiro atoms. The van der Waals surface area contributed by atoms with Crippen LogP contribution in [0.3, 0.4) is 0 Å². The first-order chi connectivity index (χ1) is 15.2. The van der Waals surface area contributed by atoms with Crippen molar-refractivity contribution in [1.29, 1.82) is 0 Å². The molecular formula is C26H31N3O2. The predicted molar refractivity (Wildman–Crippen MR) is 127 cm³/mol. The number of nitrogens with one attached hydrogen (secondary N) is 1. The third-order valence-corrected chi connectivity index (χ3v) is 5.86. The molecule has 5 heteroatoms. The molecule has 162 valence electrons. The molecule has 0 aromatic heterocycles. The molecular weight excluding hydrogens is 386 g/mol. The summed E-state index contributed by atoms with van der Waals surface area (Å²) in [5.74, 6) is 0.632. The van der Waals surface area contributed by atoms with Gasteiger partial charge in [0.1, 0.15) is 5.75 Å². The second kappa shape index (κ2) is 10.3. The molecule has 4 rings (SSSR count). The molecule has 1 saturated heterocycles. The first kappa shape index (κ1) is 21.2. The molecule has 0 radical (unpaired) electrons. The minimum absolute atomic E-state index is 0.0397. The van der Waals surface area contributed by atoms with E-state index in [1.165, 1.54) is 11.3 Å². The number of ether oxygens (including phenoxy) is 1. The smallest absolute Gasteiger partial charge is 0.257 e. The molecule has 31 heavy (non-hydrogen) atoms. The third-order valence-electron chi connectivity index (χ3n) is 5.86. The Kier molecular flexibility index (Phi) is 7.05. The van der Waals surface area contributed by atoms with E-state index >= 15 is 0 Å². The number of amides is 1. The Morgan fingerprint density at radius 1 is 0.935 bits per heavy atom. The van der Waals surface area contributed by atoms with Gasteiger partial charge in [-0.1, -0.05) is 42.5 Å². The van der Waals surface area contributed by atoms with Crippen LogP contribution in [0.5, 0.6) is 5.75 Å². The number of rotatable bonds is 8. The lowest BCUT2D eigenvalue weighted by Crippen LogP contribution is -2.44. The highest BCUT2D eigenvalue weighted by Crippen LogP contribution is 2.20. The Bertz CT molecular complexity index is 995. The lowest BCUT2D eigenvalue weighted by atomic mass is 10.1. The minimum atomic E-state index is -0.0847. The summed E-state index contributed by atoms with van der Waals surface area (Å²) in [5.41, 5.74) is 2.61. The van der Waals surface area contributed by atoms with Crippen molar-refractivity contribution in [3.63, 3.8) is 0 Å². The van der Waals surface area contributed by atoms with Gasteiger partial charge in [-0.25, -0.2) is 0 Å². The second-order valence-corrected chi connectivity index (χ2v) is 8.21. The molecule has 3 aromatic carbocycles. The van der Waals surface area contributed by atoms with E-state index in [2.05, 4.69) is 52.5 Å². The molecule has 0 aliphatic carbocycles. The van der Waals surface area contributed by atoms with Crippen molar-refractivity contribution >= 4 is 22.4 Å². The predicted octanol–water partition coefficient (Wildman–Crippen LogP) is 3.72. The maximum atomic E-state index is 12.1. The van der Waals surface area contributed by atoms with Gasteiger partial charge < -0.3 is 19.9 Å². The van der Waals surface area contributed by atoms with Gasteiger partial charge in [0.25, 0.3) is 5.91 Å². The quantitative estimate of drug-likeness (QED) is 0.568. The number of nitrogens with zero attached hydrogens (tertiary/aromatic N) is 2. The fourth-order valence-corrected chi connectivity index (χ4v) is 3.92. The van der Waals surface area contributed by atoms with Crippen molar-refractivity contribution in [3.05, 3.63) is 72.3 Å². The number of carbonyl (C=O) groups is 1. The first-order valence-electron chi connectivity index (χ1n) is 11.1. The van der Waals surface area contributed by atoms with E-state index in [0.29, 0.717) is 12.3 Å². The van der Waals surface area contributed by atoms with Gasteiger partial charge >= 0.3 is 0 Å². The SMILES string of the molecule is CN1CCN(c2ccc(CCCNC(=O)COc3ccc4ccccc4c3)cc2)CC1. The van der Waals surface area contributed by atoms with Crippen molar-refractivity contribution in [2.45, 2.75) is 12.8 Å². The van der Waals surface area contributed by atoms with Gasteiger partial charge in [0.15, 0.2) is 6.61 Å². The molecule has 0 bridgehead atoms.